The molecule has 5 nitrogen and oxygen atoms in total. The van der Waals surface area contributed by atoms with Crippen molar-refractivity contribution in [2.75, 3.05) is 13.7 Å². The minimum absolute atomic E-state index is 0. The second-order valence-electron chi connectivity index (χ2n) is 5.54. The number of ether oxygens (including phenoxy) is 2. The molecule has 2 atom stereocenters. The molecule has 0 fully saturated rings. The molecule has 0 radical (unpaired) electrons. The Labute approximate surface area is 138 Å². The predicted molar refractivity (Wildman–Crippen MR) is 89.0 cm³/mol. The molecular formula is C18H26FmNO4-. The summed E-state index contributed by atoms with van der Waals surface area (Å²) < 4.78 is 10.5. The van der Waals surface area contributed by atoms with Gasteiger partial charge in [-0.25, -0.2) is 4.79 Å². The third kappa shape index (κ3) is 6.81. The van der Waals surface area contributed by atoms with Gasteiger partial charge in [0, 0.05) is 6.42 Å². The maximum Gasteiger partial charge on any atom is 0.326 e. The number of carbonyl (C=O) groups excluding carboxylic acids is 2. The molecule has 0 saturated carbocycles. The molecule has 0 aliphatic rings. The van der Waals surface area contributed by atoms with Crippen molar-refractivity contribution in [3.63, 3.8) is 0 Å². The van der Waals surface area contributed by atoms with E-state index in [0.29, 0.717) is 12.3 Å². The molecule has 2 unspecified atom stereocenters. The van der Waals surface area contributed by atoms with E-state index in [9.17, 15) is 9.59 Å². The first-order valence-corrected chi connectivity index (χ1v) is 8.06. The van der Waals surface area contributed by atoms with Gasteiger partial charge in [-0.05, 0) is 30.0 Å². The maximum atomic E-state index is 11.6. The van der Waals surface area contributed by atoms with Crippen molar-refractivity contribution in [3.05, 3.63) is 29.8 Å². The van der Waals surface area contributed by atoms with E-state index < -0.39 is 12.0 Å². The number of hydrogen-bond donors (Lipinski definition) is 1. The van der Waals surface area contributed by atoms with Crippen molar-refractivity contribution >= 4 is 12.4 Å². The summed E-state index contributed by atoms with van der Waals surface area (Å²) in [5.74, 6) is 0.905. The number of hydrogen-bond acceptors (Lipinski definition) is 4. The Kier molecular flexibility index (Phi) is 10.1. The van der Waals surface area contributed by atoms with Gasteiger partial charge in [-0.1, -0.05) is 38.8 Å². The van der Waals surface area contributed by atoms with Crippen molar-refractivity contribution in [1.29, 1.82) is 0 Å². The second kappa shape index (κ2) is 11.5. The number of amides is 1. The van der Waals surface area contributed by atoms with Gasteiger partial charge in [0.25, 0.3) is 0 Å². The molecule has 0 aliphatic heterocycles. The first kappa shape index (κ1) is 21.0. The molecule has 0 heterocycles. The molecule has 0 aromatic heterocycles. The summed E-state index contributed by atoms with van der Waals surface area (Å²) in [7, 11) is 1.29. The molecule has 0 spiro atoms. The van der Waals surface area contributed by atoms with E-state index in [0.717, 1.165) is 30.8 Å². The van der Waals surface area contributed by atoms with E-state index in [4.69, 9.17) is 4.74 Å². The number of rotatable bonds is 11. The van der Waals surface area contributed by atoms with E-state index in [1.165, 1.54) is 13.5 Å². The first-order chi connectivity index (χ1) is 11.1. The van der Waals surface area contributed by atoms with Gasteiger partial charge in [-0.2, -0.15) is 6.41 Å². The zero-order valence-corrected chi connectivity index (χ0v) is 16.8. The zero-order valence-electron chi connectivity index (χ0n) is 14.4. The maximum absolute atomic E-state index is 11.6. The Morgan fingerprint density at radius 1 is 1.25 bits per heavy atom. The second-order valence-corrected chi connectivity index (χ2v) is 5.54. The third-order valence-corrected chi connectivity index (χ3v) is 3.84. The van der Waals surface area contributed by atoms with Gasteiger partial charge < -0.3 is 19.6 Å². The van der Waals surface area contributed by atoms with E-state index in [1.807, 2.05) is 24.3 Å². The van der Waals surface area contributed by atoms with Crippen molar-refractivity contribution in [3.8, 4) is 5.75 Å². The number of methoxy groups -OCH3 is 1. The van der Waals surface area contributed by atoms with Crippen molar-refractivity contribution in [1.82, 2.24) is 5.32 Å². The van der Waals surface area contributed by atoms with Gasteiger partial charge in [0.05, 0.1) is 13.7 Å². The number of esters is 1. The van der Waals surface area contributed by atoms with Crippen LogP contribution in [-0.2, 0) is 20.7 Å². The van der Waals surface area contributed by atoms with Crippen LogP contribution in [0, 0.1) is 5.92 Å². The average molecular weight is 577 g/mol. The first-order valence-electron chi connectivity index (χ1n) is 8.06. The summed E-state index contributed by atoms with van der Waals surface area (Å²) >= 11 is 0. The number of benzene rings is 1. The summed E-state index contributed by atoms with van der Waals surface area (Å²) in [6.07, 6.45) is 5.34. The summed E-state index contributed by atoms with van der Waals surface area (Å²) in [6, 6.07) is 6.81. The van der Waals surface area contributed by atoms with E-state index >= 15 is 0 Å². The molecular weight excluding hydrogens is 551 g/mol. The molecule has 1 rings (SSSR count). The minimum Gasteiger partial charge on any atom is -0.520 e. The molecule has 0 bridgehead atoms. The van der Waals surface area contributed by atoms with Crippen LogP contribution in [-0.4, -0.2) is 32.1 Å². The fourth-order valence-electron chi connectivity index (χ4n) is 2.39. The van der Waals surface area contributed by atoms with E-state index in [1.54, 1.807) is 6.41 Å². The molecule has 1 aromatic rings. The van der Waals surface area contributed by atoms with E-state index in [-0.39, 0.29) is 0 Å². The van der Waals surface area contributed by atoms with Crippen LogP contribution in [0.1, 0.15) is 38.7 Å². The quantitative estimate of drug-likeness (QED) is 0.250. The Bertz CT molecular complexity index is 478. The third-order valence-electron chi connectivity index (χ3n) is 3.84. The summed E-state index contributed by atoms with van der Waals surface area (Å²) in [6.45, 7) is 5.08. The van der Waals surface area contributed by atoms with Crippen LogP contribution in [0.4, 0.5) is 0 Å². The standard InChI is InChI=1S/C18H26NO4.Fm/c1-4-6-14(5-2)12-23-16-9-7-15(8-10-16)11-17(19-13-20)18(21)22-3;/h7-10,14,17H,4-6,11-12H2,1-3H3,(H,19,20);/q-1;. The van der Waals surface area contributed by atoms with Crippen molar-refractivity contribution in [2.24, 2.45) is 5.92 Å². The average Bonchev–Trinajstić information content (AvgIpc) is 2.58. The van der Waals surface area contributed by atoms with Crippen molar-refractivity contribution in [2.45, 2.75) is 45.6 Å². The SMILES string of the molecule is CCCC(CC)COc1ccc(CC(N[C-]=O)C(=O)OC)cc1.[Fm]. The van der Waals surface area contributed by atoms with Gasteiger partial charge in [-0.15, -0.1) is 0 Å². The van der Waals surface area contributed by atoms with Crippen LogP contribution in [0.2, 0.25) is 0 Å². The Morgan fingerprint density at radius 3 is 2.42 bits per heavy atom. The van der Waals surface area contributed by atoms with Crippen LogP contribution in [0.25, 0.3) is 0 Å². The molecule has 1 N–H and O–H groups in total. The number of nitrogens with one attached hydrogen (secondary N) is 1. The molecule has 0 aliphatic carbocycles. The molecule has 1 amide bonds. The molecule has 1 aromatic carbocycles. The summed E-state index contributed by atoms with van der Waals surface area (Å²) in [5, 5.41) is 2.35. The Hall–Kier alpha value is -3.04. The fourth-order valence-corrected chi connectivity index (χ4v) is 2.39. The van der Waals surface area contributed by atoms with Gasteiger partial charge in [0.1, 0.15) is 11.8 Å². The van der Waals surface area contributed by atoms with Crippen LogP contribution in [0.5, 0.6) is 5.75 Å². The van der Waals surface area contributed by atoms with Gasteiger partial charge >= 0.3 is 5.97 Å². The van der Waals surface area contributed by atoms with E-state index in [2.05, 4.69) is 23.9 Å². The van der Waals surface area contributed by atoms with Crippen LogP contribution >= 0.6 is 0 Å². The Morgan fingerprint density at radius 2 is 1.92 bits per heavy atom. The van der Waals surface area contributed by atoms with Crippen LogP contribution in [0.3, 0.4) is 0 Å². The predicted octanol–water partition coefficient (Wildman–Crippen LogP) is 2.63. The number of carbonyl (C=O) groups is 1. The summed E-state index contributed by atoms with van der Waals surface area (Å²) in [5.41, 5.74) is 0.913. The van der Waals surface area contributed by atoms with Crippen LogP contribution < -0.4 is 10.1 Å². The van der Waals surface area contributed by atoms with Crippen LogP contribution in [0.15, 0.2) is 24.3 Å². The molecule has 6 heteroatoms. The zero-order chi connectivity index (χ0) is 17.1. The topological polar surface area (TPSA) is 64.6 Å². The van der Waals surface area contributed by atoms with Crippen molar-refractivity contribution < 1.29 is 19.1 Å². The molecule has 0 saturated heterocycles. The van der Waals surface area contributed by atoms with Gasteiger partial charge in [0.15, 0.2) is 0 Å². The van der Waals surface area contributed by atoms with Gasteiger partial charge in [0.2, 0.25) is 0 Å². The largest absolute Gasteiger partial charge is 0.520 e. The Balaban J connectivity index is 0.00000529. The smallest absolute Gasteiger partial charge is 0.326 e. The van der Waals surface area contributed by atoms with Gasteiger partial charge in [-0.3, -0.25) is 0 Å². The fraction of sp³-hybridized carbons (Fsp3) is 0.556. The monoisotopic (exact) mass is 577 g/mol. The molecule has 140 valence electrons. The summed E-state index contributed by atoms with van der Waals surface area (Å²) in [4.78, 5) is 22.0. The molecule has 24 heavy (non-hydrogen) atoms. The minimum atomic E-state index is -0.724. The normalized spacial score (nSPS) is 12.5.